The second-order valence-corrected chi connectivity index (χ2v) is 2.66. The summed E-state index contributed by atoms with van der Waals surface area (Å²) in [6.07, 6.45) is 0. The van der Waals surface area contributed by atoms with Crippen molar-refractivity contribution in [3.63, 3.8) is 0 Å². The Labute approximate surface area is 81.8 Å². The van der Waals surface area contributed by atoms with Gasteiger partial charge in [-0.05, 0) is 12.1 Å². The molecule has 1 aromatic carbocycles. The van der Waals surface area contributed by atoms with Crippen LogP contribution in [-0.2, 0) is 4.79 Å². The van der Waals surface area contributed by atoms with Gasteiger partial charge in [0.1, 0.15) is 6.54 Å². The average molecular weight is 192 g/mol. The first-order valence-electron chi connectivity index (χ1n) is 4.09. The highest BCUT2D eigenvalue weighted by Crippen LogP contribution is 2.03. The number of primary amides is 1. The number of carbonyl (C=O) groups is 1. The van der Waals surface area contributed by atoms with Crippen molar-refractivity contribution >= 4 is 17.6 Å². The molecule has 1 aromatic rings. The minimum absolute atomic E-state index is 0.105. The summed E-state index contributed by atoms with van der Waals surface area (Å²) in [4.78, 5) is 14.1. The molecule has 0 atom stereocenters. The average Bonchev–Trinajstić information content (AvgIpc) is 2.16. The summed E-state index contributed by atoms with van der Waals surface area (Å²) >= 11 is 0. The molecule has 0 spiro atoms. The Hall–Kier alpha value is -2.04. The monoisotopic (exact) mass is 192 g/mol. The van der Waals surface area contributed by atoms with Crippen LogP contribution in [0.1, 0.15) is 0 Å². The van der Waals surface area contributed by atoms with Crippen LogP contribution in [0.2, 0.25) is 0 Å². The smallest absolute Gasteiger partial charge is 0.239 e. The highest BCUT2D eigenvalue weighted by Gasteiger charge is 1.94. The van der Waals surface area contributed by atoms with Gasteiger partial charge < -0.3 is 16.8 Å². The Bertz CT molecular complexity index is 334. The van der Waals surface area contributed by atoms with Crippen LogP contribution in [0.3, 0.4) is 0 Å². The number of para-hydroxylation sites is 1. The quantitative estimate of drug-likeness (QED) is 0.461. The van der Waals surface area contributed by atoms with Crippen molar-refractivity contribution < 1.29 is 4.79 Å². The van der Waals surface area contributed by atoms with E-state index in [2.05, 4.69) is 10.3 Å². The molecule has 5 N–H and O–H groups in total. The van der Waals surface area contributed by atoms with E-state index >= 15 is 0 Å². The van der Waals surface area contributed by atoms with E-state index in [1.165, 1.54) is 0 Å². The zero-order chi connectivity index (χ0) is 10.4. The topological polar surface area (TPSA) is 93.5 Å². The summed E-state index contributed by atoms with van der Waals surface area (Å²) < 4.78 is 0. The number of amides is 1. The molecule has 0 saturated heterocycles. The third-order valence-electron chi connectivity index (χ3n) is 1.45. The van der Waals surface area contributed by atoms with Crippen LogP contribution in [-0.4, -0.2) is 18.4 Å². The van der Waals surface area contributed by atoms with Crippen LogP contribution in [0.25, 0.3) is 0 Å². The largest absolute Gasteiger partial charge is 0.370 e. The first-order valence-corrected chi connectivity index (χ1v) is 4.09. The fraction of sp³-hybridized carbons (Fsp3) is 0.111. The highest BCUT2D eigenvalue weighted by atomic mass is 16.1. The third kappa shape index (κ3) is 3.57. The van der Waals surface area contributed by atoms with Crippen LogP contribution in [0.4, 0.5) is 5.69 Å². The summed E-state index contributed by atoms with van der Waals surface area (Å²) in [7, 11) is 0. The Morgan fingerprint density at radius 2 is 1.93 bits per heavy atom. The molecule has 0 aliphatic rings. The minimum atomic E-state index is -0.511. The summed E-state index contributed by atoms with van der Waals surface area (Å²) in [6, 6.07) is 9.30. The van der Waals surface area contributed by atoms with Crippen molar-refractivity contribution in [2.24, 2.45) is 16.5 Å². The molecular weight excluding hydrogens is 180 g/mol. The number of carbonyl (C=O) groups excluding carboxylic acids is 1. The van der Waals surface area contributed by atoms with Gasteiger partial charge in [0.25, 0.3) is 0 Å². The van der Waals surface area contributed by atoms with E-state index in [0.717, 1.165) is 5.69 Å². The van der Waals surface area contributed by atoms with Gasteiger partial charge in [0.15, 0.2) is 5.96 Å². The summed E-state index contributed by atoms with van der Waals surface area (Å²) in [5.41, 5.74) is 11.2. The van der Waals surface area contributed by atoms with Crippen LogP contribution in [0.15, 0.2) is 35.3 Å². The molecular formula is C9H12N4O. The van der Waals surface area contributed by atoms with Gasteiger partial charge >= 0.3 is 0 Å². The van der Waals surface area contributed by atoms with Gasteiger partial charge in [-0.15, -0.1) is 0 Å². The van der Waals surface area contributed by atoms with Gasteiger partial charge in [0.05, 0.1) is 0 Å². The number of aliphatic imine (C=N–C) groups is 1. The number of benzene rings is 1. The molecule has 0 heterocycles. The van der Waals surface area contributed by atoms with Gasteiger partial charge in [-0.1, -0.05) is 18.2 Å². The van der Waals surface area contributed by atoms with E-state index in [9.17, 15) is 4.79 Å². The zero-order valence-electron chi connectivity index (χ0n) is 7.60. The van der Waals surface area contributed by atoms with Crippen molar-refractivity contribution in [1.29, 1.82) is 0 Å². The van der Waals surface area contributed by atoms with Crippen LogP contribution in [0.5, 0.6) is 0 Å². The van der Waals surface area contributed by atoms with Crippen LogP contribution >= 0.6 is 0 Å². The third-order valence-corrected chi connectivity index (χ3v) is 1.45. The molecule has 0 radical (unpaired) electrons. The lowest BCUT2D eigenvalue weighted by atomic mass is 10.3. The molecule has 0 aliphatic carbocycles. The van der Waals surface area contributed by atoms with Crippen molar-refractivity contribution in [2.45, 2.75) is 0 Å². The SMILES string of the molecule is NC(=O)CN=C(N)Nc1ccccc1. The minimum Gasteiger partial charge on any atom is -0.370 e. The molecule has 5 heteroatoms. The number of nitrogens with zero attached hydrogens (tertiary/aromatic N) is 1. The Morgan fingerprint density at radius 3 is 2.50 bits per heavy atom. The van der Waals surface area contributed by atoms with E-state index in [-0.39, 0.29) is 12.5 Å². The van der Waals surface area contributed by atoms with E-state index < -0.39 is 5.91 Å². The standard InChI is InChI=1S/C9H12N4O/c10-8(14)6-12-9(11)13-7-4-2-1-3-5-7/h1-5H,6H2,(H2,10,14)(H3,11,12,13). The Kier molecular flexibility index (Phi) is 3.49. The lowest BCUT2D eigenvalue weighted by Crippen LogP contribution is -2.25. The molecule has 0 bridgehead atoms. The Balaban J connectivity index is 2.53. The first-order chi connectivity index (χ1) is 6.68. The highest BCUT2D eigenvalue weighted by molar-refractivity contribution is 5.93. The van der Waals surface area contributed by atoms with Crippen molar-refractivity contribution in [2.75, 3.05) is 11.9 Å². The van der Waals surface area contributed by atoms with Gasteiger partial charge in [0.2, 0.25) is 5.91 Å². The fourth-order valence-electron chi connectivity index (χ4n) is 0.872. The molecule has 0 fully saturated rings. The number of nitrogens with two attached hydrogens (primary N) is 2. The van der Waals surface area contributed by atoms with E-state index in [0.29, 0.717) is 0 Å². The number of anilines is 1. The van der Waals surface area contributed by atoms with Gasteiger partial charge in [0, 0.05) is 5.69 Å². The zero-order valence-corrected chi connectivity index (χ0v) is 7.60. The maximum absolute atomic E-state index is 10.4. The van der Waals surface area contributed by atoms with Crippen LogP contribution < -0.4 is 16.8 Å². The maximum Gasteiger partial charge on any atom is 0.239 e. The van der Waals surface area contributed by atoms with Crippen LogP contribution in [0, 0.1) is 0 Å². The molecule has 1 amide bonds. The molecule has 5 nitrogen and oxygen atoms in total. The lowest BCUT2D eigenvalue weighted by molar-refractivity contribution is -0.116. The van der Waals surface area contributed by atoms with E-state index in [1.807, 2.05) is 30.3 Å². The summed E-state index contributed by atoms with van der Waals surface area (Å²) in [6.45, 7) is -0.105. The van der Waals surface area contributed by atoms with Gasteiger partial charge in [-0.25, -0.2) is 4.99 Å². The van der Waals surface area contributed by atoms with E-state index in [4.69, 9.17) is 11.5 Å². The molecule has 0 aromatic heterocycles. The maximum atomic E-state index is 10.4. The number of hydrogen-bond acceptors (Lipinski definition) is 2. The molecule has 0 saturated carbocycles. The lowest BCUT2D eigenvalue weighted by Gasteiger charge is -2.03. The van der Waals surface area contributed by atoms with E-state index in [1.54, 1.807) is 0 Å². The van der Waals surface area contributed by atoms with Crippen molar-refractivity contribution in [3.8, 4) is 0 Å². The fourth-order valence-corrected chi connectivity index (χ4v) is 0.872. The summed E-state index contributed by atoms with van der Waals surface area (Å²) in [5, 5.41) is 2.82. The normalized spacial score (nSPS) is 11.0. The second kappa shape index (κ2) is 4.86. The van der Waals surface area contributed by atoms with Gasteiger partial charge in [-0.2, -0.15) is 0 Å². The number of rotatable bonds is 3. The molecule has 0 aliphatic heterocycles. The number of hydrogen-bond donors (Lipinski definition) is 3. The molecule has 0 unspecified atom stereocenters. The first kappa shape index (κ1) is 10.0. The Morgan fingerprint density at radius 1 is 1.29 bits per heavy atom. The van der Waals surface area contributed by atoms with Gasteiger partial charge in [-0.3, -0.25) is 4.79 Å². The molecule has 1 rings (SSSR count). The summed E-state index contributed by atoms with van der Waals surface area (Å²) in [5.74, 6) is -0.335. The predicted molar refractivity (Wildman–Crippen MR) is 55.7 cm³/mol. The second-order valence-electron chi connectivity index (χ2n) is 2.66. The van der Waals surface area contributed by atoms with Crippen molar-refractivity contribution in [3.05, 3.63) is 30.3 Å². The number of guanidine groups is 1. The number of nitrogens with one attached hydrogen (secondary N) is 1. The van der Waals surface area contributed by atoms with Crippen molar-refractivity contribution in [1.82, 2.24) is 0 Å². The predicted octanol–water partition coefficient (Wildman–Crippen LogP) is -0.101. The molecule has 14 heavy (non-hydrogen) atoms. The molecule has 74 valence electrons.